The van der Waals surface area contributed by atoms with Gasteiger partial charge in [0.05, 0.1) is 24.3 Å². The Bertz CT molecular complexity index is 487. The number of imidazole rings is 1. The SMILES string of the molecule is Cc1ncn(C(C)c2ccnnc2)c1C(C)C. The molecule has 0 aliphatic rings. The van der Waals surface area contributed by atoms with Gasteiger partial charge in [0, 0.05) is 11.9 Å². The van der Waals surface area contributed by atoms with Gasteiger partial charge in [-0.1, -0.05) is 13.8 Å². The monoisotopic (exact) mass is 230 g/mol. The average molecular weight is 230 g/mol. The van der Waals surface area contributed by atoms with Crippen LogP contribution < -0.4 is 0 Å². The van der Waals surface area contributed by atoms with Crippen LogP contribution in [0.2, 0.25) is 0 Å². The van der Waals surface area contributed by atoms with Crippen molar-refractivity contribution >= 4 is 0 Å². The Morgan fingerprint density at radius 1 is 1.18 bits per heavy atom. The lowest BCUT2D eigenvalue weighted by molar-refractivity contribution is 0.584. The predicted molar refractivity (Wildman–Crippen MR) is 66.9 cm³/mol. The van der Waals surface area contributed by atoms with Crippen LogP contribution in [-0.2, 0) is 0 Å². The fourth-order valence-corrected chi connectivity index (χ4v) is 2.20. The van der Waals surface area contributed by atoms with E-state index in [4.69, 9.17) is 0 Å². The summed E-state index contributed by atoms with van der Waals surface area (Å²) in [6, 6.07) is 2.24. The van der Waals surface area contributed by atoms with Crippen LogP contribution in [0.3, 0.4) is 0 Å². The van der Waals surface area contributed by atoms with Gasteiger partial charge in [0.2, 0.25) is 0 Å². The van der Waals surface area contributed by atoms with Crippen molar-refractivity contribution in [2.45, 2.75) is 39.7 Å². The molecular formula is C13H18N4. The molecule has 0 saturated carbocycles. The molecular weight excluding hydrogens is 212 g/mol. The standard InChI is InChI=1S/C13H18N4/c1-9(2)13-10(3)14-8-17(13)11(4)12-5-6-15-16-7-12/h5-9,11H,1-4H3. The fraction of sp³-hybridized carbons (Fsp3) is 0.462. The number of nitrogens with zero attached hydrogens (tertiary/aromatic N) is 4. The first-order valence-electron chi connectivity index (χ1n) is 5.91. The maximum atomic E-state index is 4.41. The summed E-state index contributed by atoms with van der Waals surface area (Å²) >= 11 is 0. The van der Waals surface area contributed by atoms with Gasteiger partial charge in [0.1, 0.15) is 0 Å². The molecule has 1 unspecified atom stereocenters. The molecule has 0 saturated heterocycles. The van der Waals surface area contributed by atoms with Crippen molar-refractivity contribution in [3.05, 3.63) is 41.7 Å². The van der Waals surface area contributed by atoms with Crippen LogP contribution in [0, 0.1) is 6.92 Å². The minimum Gasteiger partial charge on any atom is -0.327 e. The van der Waals surface area contributed by atoms with E-state index in [1.807, 2.05) is 18.6 Å². The van der Waals surface area contributed by atoms with E-state index in [2.05, 4.69) is 47.4 Å². The van der Waals surface area contributed by atoms with Crippen molar-refractivity contribution in [3.63, 3.8) is 0 Å². The van der Waals surface area contributed by atoms with Crippen molar-refractivity contribution in [1.29, 1.82) is 0 Å². The second kappa shape index (κ2) is 4.65. The molecule has 90 valence electrons. The zero-order chi connectivity index (χ0) is 12.4. The Morgan fingerprint density at radius 3 is 2.53 bits per heavy atom. The van der Waals surface area contributed by atoms with Crippen LogP contribution in [-0.4, -0.2) is 19.7 Å². The van der Waals surface area contributed by atoms with E-state index in [0.29, 0.717) is 5.92 Å². The van der Waals surface area contributed by atoms with Gasteiger partial charge in [-0.15, -0.1) is 0 Å². The molecule has 0 spiro atoms. The zero-order valence-electron chi connectivity index (χ0n) is 10.8. The van der Waals surface area contributed by atoms with Crippen LogP contribution in [0.1, 0.15) is 49.7 Å². The molecule has 0 fully saturated rings. The third kappa shape index (κ3) is 2.20. The minimum atomic E-state index is 0.240. The lowest BCUT2D eigenvalue weighted by atomic mass is 10.1. The van der Waals surface area contributed by atoms with Crippen LogP contribution >= 0.6 is 0 Å². The Balaban J connectivity index is 2.41. The van der Waals surface area contributed by atoms with E-state index in [-0.39, 0.29) is 6.04 Å². The second-order valence-electron chi connectivity index (χ2n) is 4.63. The van der Waals surface area contributed by atoms with Gasteiger partial charge in [-0.25, -0.2) is 4.98 Å². The smallest absolute Gasteiger partial charge is 0.0957 e. The van der Waals surface area contributed by atoms with Crippen molar-refractivity contribution in [2.24, 2.45) is 0 Å². The van der Waals surface area contributed by atoms with E-state index >= 15 is 0 Å². The third-order valence-electron chi connectivity index (χ3n) is 3.08. The van der Waals surface area contributed by atoms with Gasteiger partial charge in [-0.2, -0.15) is 10.2 Å². The van der Waals surface area contributed by atoms with Crippen LogP contribution in [0.25, 0.3) is 0 Å². The van der Waals surface area contributed by atoms with E-state index in [9.17, 15) is 0 Å². The largest absolute Gasteiger partial charge is 0.327 e. The first-order valence-corrected chi connectivity index (χ1v) is 5.91. The van der Waals surface area contributed by atoms with Gasteiger partial charge in [0.25, 0.3) is 0 Å². The number of rotatable bonds is 3. The van der Waals surface area contributed by atoms with Crippen LogP contribution in [0.15, 0.2) is 24.8 Å². The summed E-state index contributed by atoms with van der Waals surface area (Å²) in [5, 5.41) is 7.74. The summed E-state index contributed by atoms with van der Waals surface area (Å²) < 4.78 is 2.22. The van der Waals surface area contributed by atoms with Crippen molar-refractivity contribution < 1.29 is 0 Å². The van der Waals surface area contributed by atoms with Crippen LogP contribution in [0.4, 0.5) is 0 Å². The molecule has 0 aliphatic heterocycles. The average Bonchev–Trinajstić information content (AvgIpc) is 2.71. The quantitative estimate of drug-likeness (QED) is 0.814. The van der Waals surface area contributed by atoms with E-state index in [1.165, 1.54) is 5.69 Å². The topological polar surface area (TPSA) is 43.6 Å². The number of hydrogen-bond acceptors (Lipinski definition) is 3. The Kier molecular flexibility index (Phi) is 3.22. The molecule has 0 aromatic carbocycles. The molecule has 2 aromatic rings. The molecule has 2 aromatic heterocycles. The van der Waals surface area contributed by atoms with Gasteiger partial charge < -0.3 is 4.57 Å². The summed E-state index contributed by atoms with van der Waals surface area (Å²) in [6.45, 7) is 8.60. The summed E-state index contributed by atoms with van der Waals surface area (Å²) in [5.41, 5.74) is 3.54. The van der Waals surface area contributed by atoms with E-state index < -0.39 is 0 Å². The highest BCUT2D eigenvalue weighted by molar-refractivity contribution is 5.21. The van der Waals surface area contributed by atoms with Gasteiger partial charge in [0.15, 0.2) is 0 Å². The third-order valence-corrected chi connectivity index (χ3v) is 3.08. The molecule has 0 N–H and O–H groups in total. The first kappa shape index (κ1) is 11.8. The highest BCUT2D eigenvalue weighted by atomic mass is 15.1. The van der Waals surface area contributed by atoms with Crippen molar-refractivity contribution in [1.82, 2.24) is 19.7 Å². The summed E-state index contributed by atoms with van der Waals surface area (Å²) in [5.74, 6) is 0.467. The highest BCUT2D eigenvalue weighted by Crippen LogP contribution is 2.25. The molecule has 4 heteroatoms. The Labute approximate surface area is 102 Å². The molecule has 17 heavy (non-hydrogen) atoms. The van der Waals surface area contributed by atoms with E-state index in [1.54, 1.807) is 6.20 Å². The van der Waals surface area contributed by atoms with Gasteiger partial charge in [-0.05, 0) is 31.4 Å². The fourth-order valence-electron chi connectivity index (χ4n) is 2.20. The summed E-state index contributed by atoms with van der Waals surface area (Å²) in [7, 11) is 0. The molecule has 0 bridgehead atoms. The maximum Gasteiger partial charge on any atom is 0.0957 e. The molecule has 1 atom stereocenters. The summed E-state index contributed by atoms with van der Waals surface area (Å²) in [6.07, 6.45) is 5.45. The number of aromatic nitrogens is 4. The normalized spacial score (nSPS) is 13.0. The molecule has 2 heterocycles. The van der Waals surface area contributed by atoms with Crippen molar-refractivity contribution in [3.8, 4) is 0 Å². The van der Waals surface area contributed by atoms with Crippen molar-refractivity contribution in [2.75, 3.05) is 0 Å². The first-order chi connectivity index (χ1) is 8.11. The molecule has 0 aliphatic carbocycles. The van der Waals surface area contributed by atoms with Gasteiger partial charge in [-0.3, -0.25) is 0 Å². The van der Waals surface area contributed by atoms with Crippen LogP contribution in [0.5, 0.6) is 0 Å². The van der Waals surface area contributed by atoms with Gasteiger partial charge >= 0.3 is 0 Å². The maximum absolute atomic E-state index is 4.41. The lowest BCUT2D eigenvalue weighted by Crippen LogP contribution is -2.11. The summed E-state index contributed by atoms with van der Waals surface area (Å²) in [4.78, 5) is 4.41. The van der Waals surface area contributed by atoms with E-state index in [0.717, 1.165) is 11.3 Å². The number of hydrogen-bond donors (Lipinski definition) is 0. The Hall–Kier alpha value is -1.71. The molecule has 0 radical (unpaired) electrons. The zero-order valence-corrected chi connectivity index (χ0v) is 10.8. The molecule has 4 nitrogen and oxygen atoms in total. The molecule has 2 rings (SSSR count). The lowest BCUT2D eigenvalue weighted by Gasteiger charge is -2.18. The minimum absolute atomic E-state index is 0.240. The Morgan fingerprint density at radius 2 is 1.94 bits per heavy atom. The highest BCUT2D eigenvalue weighted by Gasteiger charge is 2.16. The number of aryl methyl sites for hydroxylation is 1. The second-order valence-corrected chi connectivity index (χ2v) is 4.63. The predicted octanol–water partition coefficient (Wildman–Crippen LogP) is 2.71. The molecule has 0 amide bonds.